The third-order valence-electron chi connectivity index (χ3n) is 4.69. The lowest BCUT2D eigenvalue weighted by Crippen LogP contribution is -2.35. The predicted octanol–water partition coefficient (Wildman–Crippen LogP) is 2.11. The Hall–Kier alpha value is -2.38. The molecule has 138 valence electrons. The van der Waals surface area contributed by atoms with Crippen molar-refractivity contribution in [3.63, 3.8) is 0 Å². The van der Waals surface area contributed by atoms with Gasteiger partial charge in [-0.25, -0.2) is 19.8 Å². The molecule has 1 saturated heterocycles. The van der Waals surface area contributed by atoms with Gasteiger partial charge in [0.25, 0.3) is 5.91 Å². The van der Waals surface area contributed by atoms with Crippen LogP contribution in [0.3, 0.4) is 0 Å². The number of hydrogen-bond acceptors (Lipinski definition) is 5. The number of hydrogen-bond donors (Lipinski definition) is 2. The molecule has 1 amide bonds. The second kappa shape index (κ2) is 8.33. The number of nitrogens with zero attached hydrogens (tertiary/aromatic N) is 3. The summed E-state index contributed by atoms with van der Waals surface area (Å²) in [4.78, 5) is 22.9. The topological polar surface area (TPSA) is 70.2 Å². The van der Waals surface area contributed by atoms with E-state index in [1.807, 2.05) is 0 Å². The average molecular weight is 357 g/mol. The van der Waals surface area contributed by atoms with E-state index < -0.39 is 0 Å². The van der Waals surface area contributed by atoms with E-state index in [-0.39, 0.29) is 23.7 Å². The van der Waals surface area contributed by atoms with Crippen molar-refractivity contribution in [3.05, 3.63) is 59.4 Å². The van der Waals surface area contributed by atoms with E-state index in [9.17, 15) is 9.18 Å². The molecule has 1 aliphatic rings. The van der Waals surface area contributed by atoms with Crippen LogP contribution in [0.2, 0.25) is 0 Å². The molecule has 3 rings (SSSR count). The number of carbonyl (C=O) groups is 1. The van der Waals surface area contributed by atoms with Crippen LogP contribution in [-0.4, -0.2) is 40.9 Å². The van der Waals surface area contributed by atoms with Crippen molar-refractivity contribution in [3.8, 4) is 0 Å². The first-order valence-electron chi connectivity index (χ1n) is 8.88. The van der Waals surface area contributed by atoms with Crippen molar-refractivity contribution in [2.45, 2.75) is 25.8 Å². The summed E-state index contributed by atoms with van der Waals surface area (Å²) in [5.74, 6) is -0.149. The minimum absolute atomic E-state index is 0.0213. The lowest BCUT2D eigenvalue weighted by molar-refractivity contribution is 0.0769. The van der Waals surface area contributed by atoms with Gasteiger partial charge in [0, 0.05) is 32.3 Å². The van der Waals surface area contributed by atoms with Gasteiger partial charge >= 0.3 is 0 Å². The van der Waals surface area contributed by atoms with Gasteiger partial charge in [-0.05, 0) is 24.1 Å². The van der Waals surface area contributed by atoms with Gasteiger partial charge < -0.3 is 4.90 Å². The average Bonchev–Trinajstić information content (AvgIpc) is 3.10. The zero-order chi connectivity index (χ0) is 18.5. The van der Waals surface area contributed by atoms with E-state index in [4.69, 9.17) is 0 Å². The second-order valence-electron chi connectivity index (χ2n) is 6.63. The number of hydrazine groups is 1. The molecule has 6 nitrogen and oxygen atoms in total. The highest BCUT2D eigenvalue weighted by Crippen LogP contribution is 2.26. The van der Waals surface area contributed by atoms with E-state index in [2.05, 4.69) is 27.7 Å². The Balaban J connectivity index is 1.71. The van der Waals surface area contributed by atoms with Crippen molar-refractivity contribution < 1.29 is 9.18 Å². The van der Waals surface area contributed by atoms with Crippen molar-refractivity contribution in [2.75, 3.05) is 20.1 Å². The molecule has 2 aromatic rings. The lowest BCUT2D eigenvalue weighted by Gasteiger charge is -2.25. The molecule has 0 radical (unpaired) electrons. The Morgan fingerprint density at radius 2 is 2.12 bits per heavy atom. The minimum Gasteiger partial charge on any atom is -0.341 e. The molecule has 0 saturated carbocycles. The highest BCUT2D eigenvalue weighted by Gasteiger charge is 2.30. The maximum atomic E-state index is 13.2. The standard InChI is InChI=1S/C19H24FN5O/c1-3-4-17-16(10-21-12-22-17)19(26)25(2)11-14-9-23-24-18(14)13-5-7-15(20)8-6-13/h5-8,10,12,14,18,23-24H,3-4,9,11H2,1-2H3. The number of rotatable bonds is 6. The first kappa shape index (κ1) is 18.4. The van der Waals surface area contributed by atoms with Crippen LogP contribution in [0.15, 0.2) is 36.8 Å². The highest BCUT2D eigenvalue weighted by molar-refractivity contribution is 5.94. The minimum atomic E-state index is -0.254. The molecule has 1 aromatic heterocycles. The quantitative estimate of drug-likeness (QED) is 0.829. The summed E-state index contributed by atoms with van der Waals surface area (Å²) >= 11 is 0. The Morgan fingerprint density at radius 3 is 2.85 bits per heavy atom. The molecule has 26 heavy (non-hydrogen) atoms. The number of halogens is 1. The molecule has 2 heterocycles. The summed E-state index contributed by atoms with van der Waals surface area (Å²) in [6.07, 6.45) is 4.75. The van der Waals surface area contributed by atoms with Crippen LogP contribution >= 0.6 is 0 Å². The highest BCUT2D eigenvalue weighted by atomic mass is 19.1. The third-order valence-corrected chi connectivity index (χ3v) is 4.69. The van der Waals surface area contributed by atoms with Crippen LogP contribution in [-0.2, 0) is 6.42 Å². The Kier molecular flexibility index (Phi) is 5.90. The molecule has 1 fully saturated rings. The first-order chi connectivity index (χ1) is 12.6. The monoisotopic (exact) mass is 357 g/mol. The van der Waals surface area contributed by atoms with Gasteiger partial charge in [0.1, 0.15) is 12.1 Å². The van der Waals surface area contributed by atoms with Gasteiger partial charge in [-0.2, -0.15) is 0 Å². The predicted molar refractivity (Wildman–Crippen MR) is 96.8 cm³/mol. The van der Waals surface area contributed by atoms with E-state index in [0.717, 1.165) is 30.6 Å². The smallest absolute Gasteiger partial charge is 0.257 e. The Labute approximate surface area is 152 Å². The molecule has 2 unspecified atom stereocenters. The SMILES string of the molecule is CCCc1ncncc1C(=O)N(C)CC1CNNC1c1ccc(F)cc1. The fraction of sp³-hybridized carbons (Fsp3) is 0.421. The number of carbonyl (C=O) groups excluding carboxylic acids is 1. The van der Waals surface area contributed by atoms with Crippen molar-refractivity contribution in [2.24, 2.45) is 5.92 Å². The van der Waals surface area contributed by atoms with Crippen molar-refractivity contribution >= 4 is 5.91 Å². The van der Waals surface area contributed by atoms with Gasteiger partial charge in [-0.3, -0.25) is 10.2 Å². The van der Waals surface area contributed by atoms with Crippen LogP contribution < -0.4 is 10.9 Å². The molecular formula is C19H24FN5O. The molecule has 7 heteroatoms. The van der Waals surface area contributed by atoms with Gasteiger partial charge in [-0.15, -0.1) is 0 Å². The number of nitrogens with one attached hydrogen (secondary N) is 2. The van der Waals surface area contributed by atoms with Crippen LogP contribution in [0.25, 0.3) is 0 Å². The molecule has 1 aromatic carbocycles. The number of amides is 1. The first-order valence-corrected chi connectivity index (χ1v) is 8.88. The summed E-state index contributed by atoms with van der Waals surface area (Å²) in [6, 6.07) is 6.49. The van der Waals surface area contributed by atoms with Crippen LogP contribution in [0.1, 0.15) is 41.0 Å². The van der Waals surface area contributed by atoms with E-state index in [1.165, 1.54) is 18.5 Å². The fourth-order valence-corrected chi connectivity index (χ4v) is 3.34. The summed E-state index contributed by atoms with van der Waals surface area (Å²) < 4.78 is 13.2. The lowest BCUT2D eigenvalue weighted by atomic mass is 9.94. The van der Waals surface area contributed by atoms with Gasteiger partial charge in [0.2, 0.25) is 0 Å². The van der Waals surface area contributed by atoms with E-state index in [1.54, 1.807) is 30.3 Å². The summed E-state index contributed by atoms with van der Waals surface area (Å²) in [7, 11) is 1.80. The van der Waals surface area contributed by atoms with E-state index in [0.29, 0.717) is 12.1 Å². The van der Waals surface area contributed by atoms with Crippen LogP contribution in [0, 0.1) is 11.7 Å². The molecule has 1 aliphatic heterocycles. The Morgan fingerprint density at radius 1 is 1.35 bits per heavy atom. The number of aryl methyl sites for hydroxylation is 1. The molecule has 2 N–H and O–H groups in total. The zero-order valence-electron chi connectivity index (χ0n) is 15.1. The Bertz CT molecular complexity index is 752. The summed E-state index contributed by atoms with van der Waals surface area (Å²) in [6.45, 7) is 3.36. The molecule has 2 atom stereocenters. The maximum absolute atomic E-state index is 13.2. The molecule has 0 spiro atoms. The van der Waals surface area contributed by atoms with Crippen LogP contribution in [0.5, 0.6) is 0 Å². The second-order valence-corrected chi connectivity index (χ2v) is 6.63. The van der Waals surface area contributed by atoms with Crippen LogP contribution in [0.4, 0.5) is 4.39 Å². The number of benzene rings is 1. The number of aromatic nitrogens is 2. The van der Waals surface area contributed by atoms with Crippen molar-refractivity contribution in [1.29, 1.82) is 0 Å². The van der Waals surface area contributed by atoms with E-state index >= 15 is 0 Å². The fourth-order valence-electron chi connectivity index (χ4n) is 3.34. The maximum Gasteiger partial charge on any atom is 0.257 e. The van der Waals surface area contributed by atoms with Gasteiger partial charge in [0.05, 0.1) is 17.3 Å². The van der Waals surface area contributed by atoms with Gasteiger partial charge in [0.15, 0.2) is 0 Å². The van der Waals surface area contributed by atoms with Gasteiger partial charge in [-0.1, -0.05) is 25.5 Å². The normalized spacial score (nSPS) is 19.5. The van der Waals surface area contributed by atoms with Crippen molar-refractivity contribution in [1.82, 2.24) is 25.7 Å². The summed E-state index contributed by atoms with van der Waals surface area (Å²) in [5, 5.41) is 0. The summed E-state index contributed by atoms with van der Waals surface area (Å²) in [5.41, 5.74) is 8.72. The molecule has 0 bridgehead atoms. The largest absolute Gasteiger partial charge is 0.341 e. The molecule has 0 aliphatic carbocycles. The third kappa shape index (κ3) is 4.05. The zero-order valence-corrected chi connectivity index (χ0v) is 15.1. The molecular weight excluding hydrogens is 333 g/mol.